The maximum atomic E-state index is 13.1. The molecule has 1 fully saturated rings. The van der Waals surface area contributed by atoms with E-state index in [2.05, 4.69) is 0 Å². The first kappa shape index (κ1) is 19.2. The van der Waals surface area contributed by atoms with Crippen molar-refractivity contribution in [2.45, 2.75) is 29.7 Å². The molecule has 26 heavy (non-hydrogen) atoms. The summed E-state index contributed by atoms with van der Waals surface area (Å²) in [5.74, 6) is 0.822. The molecule has 0 aromatic heterocycles. The van der Waals surface area contributed by atoms with Gasteiger partial charge in [-0.05, 0) is 42.2 Å². The highest BCUT2D eigenvalue weighted by Crippen LogP contribution is 2.33. The van der Waals surface area contributed by atoms with Crippen LogP contribution in [0.15, 0.2) is 53.4 Å². The van der Waals surface area contributed by atoms with Gasteiger partial charge in [0.15, 0.2) is 0 Å². The zero-order valence-electron chi connectivity index (χ0n) is 14.4. The molecular weight excluding hydrogens is 372 g/mol. The van der Waals surface area contributed by atoms with Crippen molar-refractivity contribution in [3.63, 3.8) is 0 Å². The maximum Gasteiger partial charge on any atom is 0.243 e. The van der Waals surface area contributed by atoms with E-state index >= 15 is 0 Å². The van der Waals surface area contributed by atoms with E-state index in [1.807, 2.05) is 30.3 Å². The summed E-state index contributed by atoms with van der Waals surface area (Å²) in [6.45, 7) is 1.45. The van der Waals surface area contributed by atoms with Gasteiger partial charge in [-0.1, -0.05) is 30.3 Å². The second-order valence-corrected chi connectivity index (χ2v) is 8.66. The summed E-state index contributed by atoms with van der Waals surface area (Å²) in [5, 5.41) is 0. The van der Waals surface area contributed by atoms with Crippen LogP contribution in [0.2, 0.25) is 0 Å². The smallest absolute Gasteiger partial charge is 0.243 e. The highest BCUT2D eigenvalue weighted by Gasteiger charge is 2.38. The van der Waals surface area contributed by atoms with Crippen molar-refractivity contribution >= 4 is 22.4 Å². The fourth-order valence-electron chi connectivity index (χ4n) is 3.69. The minimum absolute atomic E-state index is 0. The average Bonchev–Trinajstić information content (AvgIpc) is 3.04. The monoisotopic (exact) mass is 394 g/mol. The van der Waals surface area contributed by atoms with E-state index in [0.29, 0.717) is 24.6 Å². The van der Waals surface area contributed by atoms with Gasteiger partial charge in [0.1, 0.15) is 5.75 Å². The van der Waals surface area contributed by atoms with E-state index in [-0.39, 0.29) is 24.4 Å². The van der Waals surface area contributed by atoms with Crippen LogP contribution in [0.4, 0.5) is 0 Å². The number of hydrogen-bond acceptors (Lipinski definition) is 4. The maximum absolute atomic E-state index is 13.1. The zero-order valence-corrected chi connectivity index (χ0v) is 16.0. The molecule has 2 aromatic carbocycles. The van der Waals surface area contributed by atoms with Crippen LogP contribution in [0.25, 0.3) is 0 Å². The van der Waals surface area contributed by atoms with Gasteiger partial charge in [0.05, 0.1) is 11.5 Å². The van der Waals surface area contributed by atoms with Gasteiger partial charge in [-0.15, -0.1) is 12.4 Å². The van der Waals surface area contributed by atoms with Crippen LogP contribution in [0.5, 0.6) is 5.75 Å². The Morgan fingerprint density at radius 2 is 1.85 bits per heavy atom. The number of halogens is 1. The second kappa shape index (κ2) is 7.56. The fraction of sp³-hybridized carbons (Fsp3) is 0.368. The van der Waals surface area contributed by atoms with E-state index in [4.69, 9.17) is 10.5 Å². The van der Waals surface area contributed by atoms with Gasteiger partial charge in [-0.3, -0.25) is 0 Å². The molecule has 0 unspecified atom stereocenters. The van der Waals surface area contributed by atoms with Crippen LogP contribution in [0, 0.1) is 0 Å². The Hall–Kier alpha value is -1.60. The van der Waals surface area contributed by atoms with Gasteiger partial charge in [0.2, 0.25) is 10.0 Å². The summed E-state index contributed by atoms with van der Waals surface area (Å²) in [7, 11) is -3.55. The Balaban J connectivity index is 0.00000196. The molecule has 2 N–H and O–H groups in total. The number of sulfonamides is 1. The Kier molecular flexibility index (Phi) is 5.58. The predicted octanol–water partition coefficient (Wildman–Crippen LogP) is 2.55. The predicted molar refractivity (Wildman–Crippen MR) is 103 cm³/mol. The first-order chi connectivity index (χ1) is 12.1. The number of benzene rings is 2. The quantitative estimate of drug-likeness (QED) is 0.868. The molecule has 2 aliphatic rings. The number of fused-ring (bicyclic) bond motifs is 1. The number of rotatable bonds is 3. The summed E-state index contributed by atoms with van der Waals surface area (Å²) in [4.78, 5) is 0.331. The fourth-order valence-corrected chi connectivity index (χ4v) is 5.24. The Morgan fingerprint density at radius 3 is 2.62 bits per heavy atom. The summed E-state index contributed by atoms with van der Waals surface area (Å²) in [6.07, 6.45) is 1.77. The molecule has 7 heteroatoms. The van der Waals surface area contributed by atoms with Crippen LogP contribution in [0.3, 0.4) is 0 Å². The van der Waals surface area contributed by atoms with Crippen LogP contribution in [-0.4, -0.2) is 38.5 Å². The van der Waals surface area contributed by atoms with Crippen LogP contribution < -0.4 is 10.5 Å². The van der Waals surface area contributed by atoms with E-state index < -0.39 is 10.0 Å². The van der Waals surface area contributed by atoms with Gasteiger partial charge < -0.3 is 10.5 Å². The van der Waals surface area contributed by atoms with Crippen LogP contribution in [-0.2, 0) is 16.4 Å². The van der Waals surface area contributed by atoms with Crippen molar-refractivity contribution in [3.05, 3.63) is 59.7 Å². The van der Waals surface area contributed by atoms with Crippen molar-refractivity contribution in [2.75, 3.05) is 19.7 Å². The van der Waals surface area contributed by atoms with Crippen LogP contribution >= 0.6 is 12.4 Å². The zero-order chi connectivity index (χ0) is 17.4. The second-order valence-electron chi connectivity index (χ2n) is 6.72. The van der Waals surface area contributed by atoms with E-state index in [1.165, 1.54) is 4.31 Å². The molecule has 2 heterocycles. The molecule has 0 spiro atoms. The van der Waals surface area contributed by atoms with E-state index in [1.54, 1.807) is 18.2 Å². The van der Waals surface area contributed by atoms with Crippen molar-refractivity contribution in [1.82, 2.24) is 4.31 Å². The lowest BCUT2D eigenvalue weighted by Gasteiger charge is -2.20. The molecular formula is C19H23ClN2O3S. The Labute approximate surface area is 160 Å². The number of nitrogens with two attached hydrogens (primary N) is 1. The molecule has 140 valence electrons. The normalized spacial score (nSPS) is 23.0. The molecule has 0 aliphatic carbocycles. The standard InChI is InChI=1S/C19H22N2O3S.ClH/c20-18-13-21(12-17(18)14-5-2-1-3-6-14)25(22,23)16-8-9-19-15(11-16)7-4-10-24-19;/h1-3,5-6,8-9,11,17-18H,4,7,10,12-13,20H2;1H/t17-,18+;/m0./s1. The molecule has 4 rings (SSSR count). The number of nitrogens with zero attached hydrogens (tertiary/aromatic N) is 1. The van der Waals surface area contributed by atoms with Gasteiger partial charge in [0.25, 0.3) is 0 Å². The van der Waals surface area contributed by atoms with Gasteiger partial charge in [-0.25, -0.2) is 8.42 Å². The summed E-state index contributed by atoms with van der Waals surface area (Å²) < 4.78 is 33.2. The topological polar surface area (TPSA) is 72.6 Å². The molecule has 0 radical (unpaired) electrons. The third-order valence-corrected chi connectivity index (χ3v) is 6.90. The van der Waals surface area contributed by atoms with Crippen LogP contribution in [0.1, 0.15) is 23.5 Å². The lowest BCUT2D eigenvalue weighted by atomic mass is 9.95. The third-order valence-electron chi connectivity index (χ3n) is 5.08. The van der Waals surface area contributed by atoms with E-state index in [9.17, 15) is 8.42 Å². The number of ether oxygens (including phenoxy) is 1. The summed E-state index contributed by atoms with van der Waals surface area (Å²) >= 11 is 0. The highest BCUT2D eigenvalue weighted by atomic mass is 35.5. The summed E-state index contributed by atoms with van der Waals surface area (Å²) in [6, 6.07) is 14.9. The largest absolute Gasteiger partial charge is 0.493 e. The van der Waals surface area contributed by atoms with E-state index in [0.717, 1.165) is 29.7 Å². The molecule has 2 aromatic rings. The van der Waals surface area contributed by atoms with Gasteiger partial charge in [-0.2, -0.15) is 4.31 Å². The molecule has 0 bridgehead atoms. The average molecular weight is 395 g/mol. The minimum atomic E-state index is -3.55. The molecule has 0 amide bonds. The molecule has 1 saturated heterocycles. The van der Waals surface area contributed by atoms with Crippen molar-refractivity contribution in [3.8, 4) is 5.75 Å². The van der Waals surface area contributed by atoms with Gasteiger partial charge >= 0.3 is 0 Å². The molecule has 0 saturated carbocycles. The third kappa shape index (κ3) is 3.47. The first-order valence-electron chi connectivity index (χ1n) is 8.62. The van der Waals surface area contributed by atoms with Crippen molar-refractivity contribution < 1.29 is 13.2 Å². The molecule has 2 atom stereocenters. The highest BCUT2D eigenvalue weighted by molar-refractivity contribution is 7.89. The summed E-state index contributed by atoms with van der Waals surface area (Å²) in [5.41, 5.74) is 8.32. The van der Waals surface area contributed by atoms with Crippen molar-refractivity contribution in [2.24, 2.45) is 5.73 Å². The molecule has 2 aliphatic heterocycles. The van der Waals surface area contributed by atoms with Crippen molar-refractivity contribution in [1.29, 1.82) is 0 Å². The Bertz CT molecular complexity index is 874. The Morgan fingerprint density at radius 1 is 1.08 bits per heavy atom. The SMILES string of the molecule is Cl.N[C@@H]1CN(S(=O)(=O)c2ccc3c(c2)CCCO3)C[C@H]1c1ccccc1. The lowest BCUT2D eigenvalue weighted by Crippen LogP contribution is -2.32. The molecule has 5 nitrogen and oxygen atoms in total. The minimum Gasteiger partial charge on any atom is -0.493 e. The number of hydrogen-bond donors (Lipinski definition) is 1. The lowest BCUT2D eigenvalue weighted by molar-refractivity contribution is 0.288. The first-order valence-corrected chi connectivity index (χ1v) is 10.1. The number of aryl methyl sites for hydroxylation is 1. The van der Waals surface area contributed by atoms with Gasteiger partial charge in [0, 0.05) is 25.0 Å².